The summed E-state index contributed by atoms with van der Waals surface area (Å²) in [6, 6.07) is 5.81. The highest BCUT2D eigenvalue weighted by atomic mass is 32.1. The van der Waals surface area contributed by atoms with E-state index >= 15 is 0 Å². The Hall–Kier alpha value is -1.20. The summed E-state index contributed by atoms with van der Waals surface area (Å²) in [4.78, 5) is 8.04. The second-order valence-electron chi connectivity index (χ2n) is 2.61. The molecule has 0 unspecified atom stereocenters. The molecule has 3 nitrogen and oxygen atoms in total. The fourth-order valence-electron chi connectivity index (χ4n) is 1.09. The Morgan fingerprint density at radius 1 is 1.43 bits per heavy atom. The van der Waals surface area contributed by atoms with Gasteiger partial charge in [0.25, 0.3) is 0 Å². The molecule has 0 fully saturated rings. The van der Waals surface area contributed by atoms with Gasteiger partial charge in [0, 0.05) is 6.20 Å². The van der Waals surface area contributed by atoms with Gasteiger partial charge in [-0.3, -0.25) is 0 Å². The number of rotatable bonds is 2. The first kappa shape index (κ1) is 9.36. The highest BCUT2D eigenvalue weighted by molar-refractivity contribution is 7.71. The van der Waals surface area contributed by atoms with Gasteiger partial charge in [0.2, 0.25) is 0 Å². The summed E-state index contributed by atoms with van der Waals surface area (Å²) < 4.78 is 5.60. The summed E-state index contributed by atoms with van der Waals surface area (Å²) in [5.41, 5.74) is 0.971. The van der Waals surface area contributed by atoms with E-state index in [1.807, 2.05) is 18.2 Å². The average Bonchev–Trinajstić information content (AvgIpc) is 2.66. The molecule has 2 rings (SSSR count). The van der Waals surface area contributed by atoms with E-state index in [-0.39, 0.29) is 0 Å². The number of hydrogen-bond donors (Lipinski definition) is 1. The predicted molar refractivity (Wildman–Crippen MR) is 59.3 cm³/mol. The monoisotopic (exact) mass is 224 g/mol. The number of nitrogens with one attached hydrogen (secondary N) is 1. The first-order valence-electron chi connectivity index (χ1n) is 3.99. The molecule has 0 aliphatic carbocycles. The fourth-order valence-corrected chi connectivity index (χ4v) is 2.06. The SMILES string of the molecule is COc1ccc(-c2ccnc(=S)[nH]2)s1. The first-order valence-corrected chi connectivity index (χ1v) is 5.21. The van der Waals surface area contributed by atoms with Crippen molar-refractivity contribution in [2.75, 3.05) is 7.11 Å². The molecular weight excluding hydrogens is 216 g/mol. The Morgan fingerprint density at radius 3 is 2.93 bits per heavy atom. The third kappa shape index (κ3) is 1.83. The van der Waals surface area contributed by atoms with E-state index in [2.05, 4.69) is 9.97 Å². The third-order valence-corrected chi connectivity index (χ3v) is 3.01. The van der Waals surface area contributed by atoms with Crippen molar-refractivity contribution in [1.82, 2.24) is 9.97 Å². The van der Waals surface area contributed by atoms with Crippen LogP contribution in [0, 0.1) is 4.77 Å². The van der Waals surface area contributed by atoms with Crippen molar-refractivity contribution >= 4 is 23.6 Å². The lowest BCUT2D eigenvalue weighted by molar-refractivity contribution is 0.427. The Kier molecular flexibility index (Phi) is 2.60. The molecule has 2 heterocycles. The Bertz CT molecular complexity index is 489. The fraction of sp³-hybridized carbons (Fsp3) is 0.111. The molecule has 0 aromatic carbocycles. The highest BCUT2D eigenvalue weighted by Gasteiger charge is 2.02. The van der Waals surface area contributed by atoms with Crippen LogP contribution in [0.1, 0.15) is 0 Å². The maximum Gasteiger partial charge on any atom is 0.197 e. The van der Waals surface area contributed by atoms with E-state index in [4.69, 9.17) is 17.0 Å². The highest BCUT2D eigenvalue weighted by Crippen LogP contribution is 2.30. The Morgan fingerprint density at radius 2 is 2.29 bits per heavy atom. The lowest BCUT2D eigenvalue weighted by Crippen LogP contribution is -1.82. The van der Waals surface area contributed by atoms with E-state index in [0.29, 0.717) is 4.77 Å². The number of thiophene rings is 1. The zero-order valence-electron chi connectivity index (χ0n) is 7.48. The summed E-state index contributed by atoms with van der Waals surface area (Å²) in [7, 11) is 1.66. The second-order valence-corrected chi connectivity index (χ2v) is 4.04. The lowest BCUT2D eigenvalue weighted by Gasteiger charge is -1.95. The summed E-state index contributed by atoms with van der Waals surface area (Å²) >= 11 is 6.51. The molecule has 0 saturated heterocycles. The second kappa shape index (κ2) is 3.89. The van der Waals surface area contributed by atoms with Crippen molar-refractivity contribution < 1.29 is 4.74 Å². The van der Waals surface area contributed by atoms with E-state index in [1.54, 1.807) is 24.6 Å². The van der Waals surface area contributed by atoms with Crippen LogP contribution in [0.5, 0.6) is 5.06 Å². The van der Waals surface area contributed by atoms with Gasteiger partial charge in [-0.05, 0) is 30.4 Å². The van der Waals surface area contributed by atoms with Crippen LogP contribution < -0.4 is 4.74 Å². The minimum absolute atomic E-state index is 0.495. The Balaban J connectivity index is 2.44. The van der Waals surface area contributed by atoms with Gasteiger partial charge < -0.3 is 9.72 Å². The molecule has 0 saturated carbocycles. The van der Waals surface area contributed by atoms with Crippen molar-refractivity contribution in [1.29, 1.82) is 0 Å². The number of methoxy groups -OCH3 is 1. The molecule has 2 aromatic heterocycles. The van der Waals surface area contributed by atoms with Crippen molar-refractivity contribution in [2.45, 2.75) is 0 Å². The molecule has 14 heavy (non-hydrogen) atoms. The smallest absolute Gasteiger partial charge is 0.197 e. The number of ether oxygens (including phenoxy) is 1. The van der Waals surface area contributed by atoms with Crippen LogP contribution in [0.25, 0.3) is 10.6 Å². The molecule has 0 atom stereocenters. The van der Waals surface area contributed by atoms with Gasteiger partial charge in [0.05, 0.1) is 17.7 Å². The zero-order valence-corrected chi connectivity index (χ0v) is 9.11. The summed E-state index contributed by atoms with van der Waals surface area (Å²) in [6.07, 6.45) is 1.69. The molecule has 0 amide bonds. The molecule has 1 N–H and O–H groups in total. The normalized spacial score (nSPS) is 10.1. The van der Waals surface area contributed by atoms with Crippen molar-refractivity contribution in [3.05, 3.63) is 29.2 Å². The standard InChI is InChI=1S/C9H8N2OS2/c1-12-8-3-2-7(14-8)6-4-5-10-9(13)11-6/h2-5H,1H3,(H,10,11,13). The van der Waals surface area contributed by atoms with Crippen LogP contribution in [0.15, 0.2) is 24.4 Å². The van der Waals surface area contributed by atoms with Crippen LogP contribution in [-0.2, 0) is 0 Å². The van der Waals surface area contributed by atoms with Crippen LogP contribution in [-0.4, -0.2) is 17.1 Å². The third-order valence-electron chi connectivity index (χ3n) is 1.72. The quantitative estimate of drug-likeness (QED) is 0.797. The molecular formula is C9H8N2OS2. The van der Waals surface area contributed by atoms with Gasteiger partial charge in [-0.2, -0.15) is 0 Å². The van der Waals surface area contributed by atoms with Gasteiger partial charge in [0.1, 0.15) is 0 Å². The molecule has 0 aliphatic rings. The van der Waals surface area contributed by atoms with Crippen molar-refractivity contribution in [2.24, 2.45) is 0 Å². The lowest BCUT2D eigenvalue weighted by atomic mass is 10.3. The molecule has 0 spiro atoms. The van der Waals surface area contributed by atoms with Crippen LogP contribution in [0.4, 0.5) is 0 Å². The maximum atomic E-state index is 5.11. The number of aromatic nitrogens is 2. The minimum atomic E-state index is 0.495. The number of hydrogen-bond acceptors (Lipinski definition) is 4. The van der Waals surface area contributed by atoms with Gasteiger partial charge in [-0.15, -0.1) is 0 Å². The maximum absolute atomic E-state index is 5.11. The Labute approximate surface area is 90.4 Å². The number of H-pyrrole nitrogens is 1. The van der Waals surface area contributed by atoms with E-state index in [1.165, 1.54) is 0 Å². The summed E-state index contributed by atoms with van der Waals surface area (Å²) in [5.74, 6) is 0. The van der Waals surface area contributed by atoms with Gasteiger partial charge in [-0.25, -0.2) is 4.98 Å². The van der Waals surface area contributed by atoms with Crippen molar-refractivity contribution in [3.63, 3.8) is 0 Å². The molecule has 0 aliphatic heterocycles. The zero-order chi connectivity index (χ0) is 9.97. The minimum Gasteiger partial charge on any atom is -0.487 e. The van der Waals surface area contributed by atoms with E-state index < -0.39 is 0 Å². The van der Waals surface area contributed by atoms with E-state index in [0.717, 1.165) is 15.6 Å². The number of aromatic amines is 1. The molecule has 5 heteroatoms. The summed E-state index contributed by atoms with van der Waals surface area (Å²) in [5, 5.41) is 0.885. The largest absolute Gasteiger partial charge is 0.487 e. The molecule has 2 aromatic rings. The molecule has 0 radical (unpaired) electrons. The van der Waals surface area contributed by atoms with Crippen LogP contribution in [0.2, 0.25) is 0 Å². The first-order chi connectivity index (χ1) is 6.79. The van der Waals surface area contributed by atoms with Crippen LogP contribution >= 0.6 is 23.6 Å². The number of nitrogens with zero attached hydrogens (tertiary/aromatic N) is 1. The molecule has 0 bridgehead atoms. The summed E-state index contributed by atoms with van der Waals surface area (Å²) in [6.45, 7) is 0. The van der Waals surface area contributed by atoms with Gasteiger partial charge in [-0.1, -0.05) is 11.3 Å². The predicted octanol–water partition coefficient (Wildman–Crippen LogP) is 2.88. The average molecular weight is 224 g/mol. The topological polar surface area (TPSA) is 37.9 Å². The molecule has 72 valence electrons. The van der Waals surface area contributed by atoms with Gasteiger partial charge in [0.15, 0.2) is 9.83 Å². The van der Waals surface area contributed by atoms with Crippen molar-refractivity contribution in [3.8, 4) is 15.6 Å². The van der Waals surface area contributed by atoms with Crippen LogP contribution in [0.3, 0.4) is 0 Å². The van der Waals surface area contributed by atoms with Gasteiger partial charge >= 0.3 is 0 Å². The van der Waals surface area contributed by atoms with E-state index in [9.17, 15) is 0 Å².